The normalized spacial score (nSPS) is 14.2. The number of aromatic hydroxyl groups is 1. The average Bonchev–Trinajstić information content (AvgIpc) is 2.38. The summed E-state index contributed by atoms with van der Waals surface area (Å²) in [6.07, 6.45) is 0. The van der Waals surface area contributed by atoms with E-state index in [2.05, 4.69) is 0 Å². The number of carboxylic acid groups (broad SMARTS) is 1. The quantitative estimate of drug-likeness (QED) is 0.826. The molecule has 0 aliphatic carbocycles. The monoisotopic (exact) mass is 267 g/mol. The van der Waals surface area contributed by atoms with E-state index in [9.17, 15) is 9.90 Å². The summed E-state index contributed by atoms with van der Waals surface area (Å²) in [5.41, 5.74) is 0.722. The summed E-state index contributed by atoms with van der Waals surface area (Å²) in [6, 6.07) is 4.93. The minimum absolute atomic E-state index is 0.100. The van der Waals surface area contributed by atoms with Crippen LogP contribution in [0.25, 0.3) is 0 Å². The zero-order valence-electron chi connectivity index (χ0n) is 11.8. The van der Waals surface area contributed by atoms with Crippen LogP contribution in [0.4, 0.5) is 0 Å². The third-order valence-electron chi connectivity index (χ3n) is 3.33. The molecular weight excluding hydrogens is 246 g/mol. The lowest BCUT2D eigenvalue weighted by atomic mass is 10.0. The van der Waals surface area contributed by atoms with Gasteiger partial charge in [-0.1, -0.05) is 6.92 Å². The summed E-state index contributed by atoms with van der Waals surface area (Å²) < 4.78 is 5.14. The van der Waals surface area contributed by atoms with E-state index < -0.39 is 11.9 Å². The lowest BCUT2D eigenvalue weighted by Crippen LogP contribution is -2.30. The van der Waals surface area contributed by atoms with Crippen LogP contribution in [0.5, 0.6) is 11.5 Å². The second kappa shape index (κ2) is 6.43. The minimum atomic E-state index is -0.825. The van der Waals surface area contributed by atoms with Gasteiger partial charge in [-0.3, -0.25) is 9.69 Å². The molecule has 0 heterocycles. The highest BCUT2D eigenvalue weighted by molar-refractivity contribution is 5.69. The topological polar surface area (TPSA) is 70.0 Å². The fourth-order valence-corrected chi connectivity index (χ4v) is 1.90. The molecule has 2 unspecified atom stereocenters. The van der Waals surface area contributed by atoms with Crippen LogP contribution in [-0.4, -0.2) is 41.8 Å². The number of rotatable bonds is 6. The molecule has 1 rings (SSSR count). The van der Waals surface area contributed by atoms with E-state index in [4.69, 9.17) is 9.84 Å². The highest BCUT2D eigenvalue weighted by atomic mass is 16.5. The predicted octanol–water partition coefficient (Wildman–Crippen LogP) is 2.11. The van der Waals surface area contributed by atoms with Gasteiger partial charge in [-0.2, -0.15) is 0 Å². The largest absolute Gasteiger partial charge is 0.508 e. The number of hydrogen-bond acceptors (Lipinski definition) is 4. The third-order valence-corrected chi connectivity index (χ3v) is 3.33. The maximum absolute atomic E-state index is 10.9. The van der Waals surface area contributed by atoms with Gasteiger partial charge in [0.05, 0.1) is 13.0 Å². The molecule has 0 aliphatic heterocycles. The van der Waals surface area contributed by atoms with E-state index in [1.165, 1.54) is 0 Å². The molecule has 1 aromatic rings. The van der Waals surface area contributed by atoms with Crippen molar-refractivity contribution in [2.24, 2.45) is 5.92 Å². The van der Waals surface area contributed by atoms with Crippen LogP contribution in [0.3, 0.4) is 0 Å². The van der Waals surface area contributed by atoms with Crippen molar-refractivity contribution in [3.8, 4) is 11.5 Å². The van der Waals surface area contributed by atoms with Gasteiger partial charge in [-0.15, -0.1) is 0 Å². The molecule has 2 atom stereocenters. The van der Waals surface area contributed by atoms with Crippen molar-refractivity contribution in [1.29, 1.82) is 0 Å². The summed E-state index contributed by atoms with van der Waals surface area (Å²) in [6.45, 7) is 3.99. The Kier molecular flexibility index (Phi) is 5.18. The van der Waals surface area contributed by atoms with Crippen LogP contribution in [0.2, 0.25) is 0 Å². The molecule has 0 saturated carbocycles. The van der Waals surface area contributed by atoms with E-state index in [0.29, 0.717) is 12.3 Å². The first kappa shape index (κ1) is 15.3. The number of carbonyl (C=O) groups is 1. The SMILES string of the molecule is COc1ccc(O)c(C(C)N(C)CC(C)C(=O)O)c1. The maximum Gasteiger partial charge on any atom is 0.307 e. The molecule has 2 N–H and O–H groups in total. The number of benzene rings is 1. The molecule has 0 amide bonds. The van der Waals surface area contributed by atoms with Gasteiger partial charge < -0.3 is 14.9 Å². The number of hydrogen-bond donors (Lipinski definition) is 2. The Morgan fingerprint density at radius 1 is 1.42 bits per heavy atom. The van der Waals surface area contributed by atoms with Gasteiger partial charge in [0.1, 0.15) is 11.5 Å². The van der Waals surface area contributed by atoms with E-state index in [0.717, 1.165) is 5.56 Å². The molecule has 0 fully saturated rings. The second-order valence-corrected chi connectivity index (χ2v) is 4.78. The van der Waals surface area contributed by atoms with Gasteiger partial charge in [0.25, 0.3) is 0 Å². The molecule has 5 heteroatoms. The summed E-state index contributed by atoms with van der Waals surface area (Å²) >= 11 is 0. The Morgan fingerprint density at radius 3 is 2.58 bits per heavy atom. The molecule has 0 bridgehead atoms. The summed E-state index contributed by atoms with van der Waals surface area (Å²) in [4.78, 5) is 12.8. The van der Waals surface area contributed by atoms with E-state index in [1.54, 1.807) is 32.2 Å². The molecule has 0 aliphatic rings. The van der Waals surface area contributed by atoms with E-state index in [1.807, 2.05) is 18.9 Å². The van der Waals surface area contributed by atoms with Crippen molar-refractivity contribution in [2.75, 3.05) is 20.7 Å². The maximum atomic E-state index is 10.9. The number of phenolic OH excluding ortho intramolecular Hbond substituents is 1. The predicted molar refractivity (Wildman–Crippen MR) is 72.5 cm³/mol. The Labute approximate surface area is 113 Å². The van der Waals surface area contributed by atoms with Crippen molar-refractivity contribution in [3.63, 3.8) is 0 Å². The average molecular weight is 267 g/mol. The molecule has 0 aromatic heterocycles. The van der Waals surface area contributed by atoms with Crippen LogP contribution < -0.4 is 4.74 Å². The Hall–Kier alpha value is -1.75. The number of methoxy groups -OCH3 is 1. The molecule has 106 valence electrons. The van der Waals surface area contributed by atoms with Crippen molar-refractivity contribution in [3.05, 3.63) is 23.8 Å². The van der Waals surface area contributed by atoms with Crippen LogP contribution in [0.1, 0.15) is 25.5 Å². The summed E-state index contributed by atoms with van der Waals surface area (Å²) in [5, 5.41) is 18.8. The lowest BCUT2D eigenvalue weighted by molar-refractivity contribution is -0.141. The molecule has 19 heavy (non-hydrogen) atoms. The number of aliphatic carboxylic acids is 1. The van der Waals surface area contributed by atoms with Crippen LogP contribution in [0.15, 0.2) is 18.2 Å². The highest BCUT2D eigenvalue weighted by Gasteiger charge is 2.20. The van der Waals surface area contributed by atoms with Crippen molar-refractivity contribution < 1.29 is 19.7 Å². The van der Waals surface area contributed by atoms with Crippen LogP contribution in [-0.2, 0) is 4.79 Å². The van der Waals surface area contributed by atoms with Gasteiger partial charge in [0.2, 0.25) is 0 Å². The molecule has 0 spiro atoms. The Balaban J connectivity index is 2.87. The lowest BCUT2D eigenvalue weighted by Gasteiger charge is -2.27. The van der Waals surface area contributed by atoms with Gasteiger partial charge in [-0.25, -0.2) is 0 Å². The first-order chi connectivity index (χ1) is 8.86. The van der Waals surface area contributed by atoms with E-state index in [-0.39, 0.29) is 11.8 Å². The standard InChI is InChI=1S/C14H21NO4/c1-9(14(17)18)8-15(3)10(2)12-7-11(19-4)5-6-13(12)16/h5-7,9-10,16H,8H2,1-4H3,(H,17,18). The van der Waals surface area contributed by atoms with Crippen molar-refractivity contribution in [1.82, 2.24) is 4.90 Å². The van der Waals surface area contributed by atoms with Gasteiger partial charge >= 0.3 is 5.97 Å². The molecule has 0 saturated heterocycles. The van der Waals surface area contributed by atoms with Crippen molar-refractivity contribution >= 4 is 5.97 Å². The number of ether oxygens (including phenoxy) is 1. The molecular formula is C14H21NO4. The zero-order valence-corrected chi connectivity index (χ0v) is 11.8. The smallest absolute Gasteiger partial charge is 0.307 e. The number of phenols is 1. The van der Waals surface area contributed by atoms with Crippen molar-refractivity contribution in [2.45, 2.75) is 19.9 Å². The van der Waals surface area contributed by atoms with E-state index >= 15 is 0 Å². The number of nitrogens with zero attached hydrogens (tertiary/aromatic N) is 1. The fraction of sp³-hybridized carbons (Fsp3) is 0.500. The molecule has 0 radical (unpaired) electrons. The first-order valence-corrected chi connectivity index (χ1v) is 6.16. The molecule has 1 aromatic carbocycles. The first-order valence-electron chi connectivity index (χ1n) is 6.16. The van der Waals surface area contributed by atoms with Crippen LogP contribution >= 0.6 is 0 Å². The summed E-state index contributed by atoms with van der Waals surface area (Å²) in [5.74, 6) is -0.434. The molecule has 5 nitrogen and oxygen atoms in total. The fourth-order valence-electron chi connectivity index (χ4n) is 1.90. The van der Waals surface area contributed by atoms with Gasteiger partial charge in [0, 0.05) is 18.2 Å². The van der Waals surface area contributed by atoms with Crippen LogP contribution in [0, 0.1) is 5.92 Å². The van der Waals surface area contributed by atoms with Gasteiger partial charge in [0.15, 0.2) is 0 Å². The number of carboxylic acids is 1. The summed E-state index contributed by atoms with van der Waals surface area (Å²) in [7, 11) is 3.40. The zero-order chi connectivity index (χ0) is 14.6. The third kappa shape index (κ3) is 3.86. The minimum Gasteiger partial charge on any atom is -0.508 e. The van der Waals surface area contributed by atoms with Gasteiger partial charge in [-0.05, 0) is 32.2 Å². The second-order valence-electron chi connectivity index (χ2n) is 4.78. The Morgan fingerprint density at radius 2 is 2.05 bits per heavy atom. The Bertz CT molecular complexity index is 447. The highest BCUT2D eigenvalue weighted by Crippen LogP contribution is 2.31.